The lowest BCUT2D eigenvalue weighted by molar-refractivity contribution is 0.0233. The normalized spacial score (nSPS) is 10.2. The zero-order chi connectivity index (χ0) is 13.7. The summed E-state index contributed by atoms with van der Waals surface area (Å²) in [4.78, 5) is 17.0. The fourth-order valence-electron chi connectivity index (χ4n) is 1.60. The minimum absolute atomic E-state index is 0.303. The number of hydroxylamine groups is 1. The molecule has 19 heavy (non-hydrogen) atoms. The number of nitrogen functional groups attached to an aromatic ring is 1. The highest BCUT2D eigenvalue weighted by atomic mass is 16.6. The number of carbonyl (C=O) groups is 1. The maximum Gasteiger partial charge on any atom is 0.274 e. The van der Waals surface area contributed by atoms with Crippen molar-refractivity contribution in [3.63, 3.8) is 0 Å². The van der Waals surface area contributed by atoms with E-state index >= 15 is 0 Å². The summed E-state index contributed by atoms with van der Waals surface area (Å²) < 4.78 is 0. The molecule has 1 amide bonds. The van der Waals surface area contributed by atoms with Crippen LogP contribution in [0.25, 0.3) is 0 Å². The van der Waals surface area contributed by atoms with E-state index in [0.29, 0.717) is 17.9 Å². The summed E-state index contributed by atoms with van der Waals surface area (Å²) in [6.07, 6.45) is 0. The first-order valence-corrected chi connectivity index (χ1v) is 5.99. The maximum absolute atomic E-state index is 11.8. The summed E-state index contributed by atoms with van der Waals surface area (Å²) in [7, 11) is 0. The maximum atomic E-state index is 11.8. The molecule has 0 saturated heterocycles. The first kappa shape index (κ1) is 13.1. The first-order valence-electron chi connectivity index (χ1n) is 5.99. The number of rotatable bonds is 4. The average molecular weight is 256 g/mol. The molecular formula is C15H16N2O2. The molecule has 0 unspecified atom stereocenters. The van der Waals surface area contributed by atoms with E-state index in [1.807, 2.05) is 37.3 Å². The third kappa shape index (κ3) is 3.56. The molecule has 0 bridgehead atoms. The van der Waals surface area contributed by atoms with Crippen molar-refractivity contribution in [2.45, 2.75) is 13.5 Å². The van der Waals surface area contributed by atoms with Crippen molar-refractivity contribution in [2.75, 3.05) is 5.73 Å². The number of hydrogen-bond acceptors (Lipinski definition) is 3. The van der Waals surface area contributed by atoms with E-state index in [-0.39, 0.29) is 5.91 Å². The van der Waals surface area contributed by atoms with Gasteiger partial charge < -0.3 is 5.73 Å². The molecule has 0 radical (unpaired) electrons. The average Bonchev–Trinajstić information content (AvgIpc) is 2.43. The Balaban J connectivity index is 1.89. The van der Waals surface area contributed by atoms with Crippen LogP contribution in [0.3, 0.4) is 0 Å². The van der Waals surface area contributed by atoms with E-state index in [4.69, 9.17) is 10.6 Å². The molecule has 0 saturated carbocycles. The predicted molar refractivity (Wildman–Crippen MR) is 74.3 cm³/mol. The molecule has 2 rings (SSSR count). The largest absolute Gasteiger partial charge is 0.398 e. The Bertz CT molecular complexity index is 568. The highest BCUT2D eigenvalue weighted by Gasteiger charge is 2.06. The van der Waals surface area contributed by atoms with E-state index in [1.54, 1.807) is 18.2 Å². The zero-order valence-corrected chi connectivity index (χ0v) is 10.7. The van der Waals surface area contributed by atoms with Crippen LogP contribution < -0.4 is 11.2 Å². The lowest BCUT2D eigenvalue weighted by Crippen LogP contribution is -2.23. The van der Waals surface area contributed by atoms with Gasteiger partial charge in [-0.15, -0.1) is 0 Å². The van der Waals surface area contributed by atoms with Crippen molar-refractivity contribution in [3.05, 3.63) is 65.2 Å². The van der Waals surface area contributed by atoms with E-state index in [9.17, 15) is 4.79 Å². The molecule has 0 spiro atoms. The molecular weight excluding hydrogens is 240 g/mol. The predicted octanol–water partition coefficient (Wildman–Crippen LogP) is 2.44. The quantitative estimate of drug-likeness (QED) is 0.652. The van der Waals surface area contributed by atoms with Crippen LogP contribution in [-0.4, -0.2) is 5.91 Å². The van der Waals surface area contributed by atoms with Crippen LogP contribution in [0.1, 0.15) is 21.5 Å². The Morgan fingerprint density at radius 1 is 1.21 bits per heavy atom. The fourth-order valence-corrected chi connectivity index (χ4v) is 1.60. The van der Waals surface area contributed by atoms with Crippen molar-refractivity contribution in [1.82, 2.24) is 5.48 Å². The van der Waals surface area contributed by atoms with Crippen LogP contribution in [0.2, 0.25) is 0 Å². The third-order valence-electron chi connectivity index (χ3n) is 2.79. The SMILES string of the molecule is Cc1ccc(C(=O)NOCc2ccccc2)cc1N. The molecule has 4 nitrogen and oxygen atoms in total. The van der Waals surface area contributed by atoms with Crippen molar-refractivity contribution in [3.8, 4) is 0 Å². The Kier molecular flexibility index (Phi) is 4.15. The molecule has 3 N–H and O–H groups in total. The van der Waals surface area contributed by atoms with E-state index < -0.39 is 0 Å². The summed E-state index contributed by atoms with van der Waals surface area (Å²) in [5.74, 6) is -0.303. The minimum atomic E-state index is -0.303. The van der Waals surface area contributed by atoms with Gasteiger partial charge >= 0.3 is 0 Å². The van der Waals surface area contributed by atoms with Crippen LogP contribution in [0.4, 0.5) is 5.69 Å². The highest BCUT2D eigenvalue weighted by Crippen LogP contribution is 2.12. The molecule has 0 aromatic heterocycles. The molecule has 0 aliphatic rings. The molecule has 98 valence electrons. The summed E-state index contributed by atoms with van der Waals surface area (Å²) in [5, 5.41) is 0. The second-order valence-corrected chi connectivity index (χ2v) is 4.28. The van der Waals surface area contributed by atoms with Crippen LogP contribution >= 0.6 is 0 Å². The second kappa shape index (κ2) is 6.02. The third-order valence-corrected chi connectivity index (χ3v) is 2.79. The van der Waals surface area contributed by atoms with Crippen molar-refractivity contribution < 1.29 is 9.63 Å². The molecule has 2 aromatic carbocycles. The van der Waals surface area contributed by atoms with Gasteiger partial charge in [0.05, 0.1) is 6.61 Å². The first-order chi connectivity index (χ1) is 9.16. The standard InChI is InChI=1S/C15H16N2O2/c1-11-7-8-13(9-14(11)16)15(18)17-19-10-12-5-3-2-4-6-12/h2-9H,10,16H2,1H3,(H,17,18). The topological polar surface area (TPSA) is 64.3 Å². The van der Waals surface area contributed by atoms with Gasteiger partial charge in [0.15, 0.2) is 0 Å². The number of carbonyl (C=O) groups excluding carboxylic acids is 1. The number of amides is 1. The number of aryl methyl sites for hydroxylation is 1. The number of nitrogens with one attached hydrogen (secondary N) is 1. The van der Waals surface area contributed by atoms with Crippen LogP contribution in [-0.2, 0) is 11.4 Å². The second-order valence-electron chi connectivity index (χ2n) is 4.28. The molecule has 0 atom stereocenters. The van der Waals surface area contributed by atoms with Gasteiger partial charge in [0, 0.05) is 11.3 Å². The van der Waals surface area contributed by atoms with Crippen LogP contribution in [0, 0.1) is 6.92 Å². The lowest BCUT2D eigenvalue weighted by atomic mass is 10.1. The summed E-state index contributed by atoms with van der Waals surface area (Å²) in [6, 6.07) is 14.8. The molecule has 0 heterocycles. The Morgan fingerprint density at radius 3 is 2.63 bits per heavy atom. The zero-order valence-electron chi connectivity index (χ0n) is 10.7. The van der Waals surface area contributed by atoms with Crippen LogP contribution in [0.5, 0.6) is 0 Å². The van der Waals surface area contributed by atoms with Gasteiger partial charge in [0.25, 0.3) is 5.91 Å². The minimum Gasteiger partial charge on any atom is -0.398 e. The number of benzene rings is 2. The Morgan fingerprint density at radius 2 is 1.95 bits per heavy atom. The van der Waals surface area contributed by atoms with E-state index in [2.05, 4.69) is 5.48 Å². The van der Waals surface area contributed by atoms with E-state index in [1.165, 1.54) is 0 Å². The van der Waals surface area contributed by atoms with Gasteiger partial charge in [0.2, 0.25) is 0 Å². The van der Waals surface area contributed by atoms with Gasteiger partial charge in [-0.05, 0) is 30.2 Å². The number of hydrogen-bond donors (Lipinski definition) is 2. The van der Waals surface area contributed by atoms with Gasteiger partial charge in [-0.25, -0.2) is 5.48 Å². The lowest BCUT2D eigenvalue weighted by Gasteiger charge is -2.07. The van der Waals surface area contributed by atoms with Crippen molar-refractivity contribution >= 4 is 11.6 Å². The Labute approximate surface area is 112 Å². The van der Waals surface area contributed by atoms with Gasteiger partial charge in [-0.1, -0.05) is 36.4 Å². The highest BCUT2D eigenvalue weighted by molar-refractivity contribution is 5.94. The molecule has 4 heteroatoms. The number of nitrogens with two attached hydrogens (primary N) is 1. The molecule has 0 aliphatic carbocycles. The van der Waals surface area contributed by atoms with Crippen LogP contribution in [0.15, 0.2) is 48.5 Å². The number of anilines is 1. The molecule has 2 aromatic rings. The summed E-state index contributed by atoms with van der Waals surface area (Å²) in [5.41, 5.74) is 11.2. The van der Waals surface area contributed by atoms with Gasteiger partial charge in [-0.3, -0.25) is 9.63 Å². The molecule has 0 fully saturated rings. The monoisotopic (exact) mass is 256 g/mol. The smallest absolute Gasteiger partial charge is 0.274 e. The van der Waals surface area contributed by atoms with Gasteiger partial charge in [-0.2, -0.15) is 0 Å². The fraction of sp³-hybridized carbons (Fsp3) is 0.133. The molecule has 0 aliphatic heterocycles. The van der Waals surface area contributed by atoms with Crippen molar-refractivity contribution in [1.29, 1.82) is 0 Å². The van der Waals surface area contributed by atoms with Crippen molar-refractivity contribution in [2.24, 2.45) is 0 Å². The Hall–Kier alpha value is -2.33. The van der Waals surface area contributed by atoms with Gasteiger partial charge in [0.1, 0.15) is 0 Å². The van der Waals surface area contributed by atoms with E-state index in [0.717, 1.165) is 11.1 Å². The summed E-state index contributed by atoms with van der Waals surface area (Å²) in [6.45, 7) is 2.22. The summed E-state index contributed by atoms with van der Waals surface area (Å²) >= 11 is 0.